The van der Waals surface area contributed by atoms with E-state index >= 15 is 0 Å². The van der Waals surface area contributed by atoms with Gasteiger partial charge in [0.05, 0.1) is 23.2 Å². The Morgan fingerprint density at radius 1 is 1.05 bits per heavy atom. The number of aliphatic hydroxyl groups excluding tert-OH is 1. The molecule has 1 amide bonds. The largest absolute Gasteiger partial charge is 0.387 e. The molecule has 202 valence electrons. The summed E-state index contributed by atoms with van der Waals surface area (Å²) < 4.78 is 0. The molecule has 5 aliphatic carbocycles. The lowest BCUT2D eigenvalue weighted by Gasteiger charge is -2.69. The summed E-state index contributed by atoms with van der Waals surface area (Å²) in [5.74, 6) is 0.263. The van der Waals surface area contributed by atoms with Crippen molar-refractivity contribution in [3.8, 4) is 6.07 Å². The normalized spacial score (nSPS) is 47.6. The van der Waals surface area contributed by atoms with Crippen molar-refractivity contribution in [2.45, 2.75) is 99.5 Å². The molecule has 8 atom stereocenters. The van der Waals surface area contributed by atoms with Crippen LogP contribution in [0.25, 0.3) is 0 Å². The van der Waals surface area contributed by atoms with Crippen LogP contribution in [0.5, 0.6) is 0 Å². The van der Waals surface area contributed by atoms with Crippen LogP contribution in [-0.4, -0.2) is 29.9 Å². The Kier molecular flexibility index (Phi) is 5.63. The van der Waals surface area contributed by atoms with E-state index in [0.717, 1.165) is 50.5 Å². The first-order valence-corrected chi connectivity index (χ1v) is 14.3. The molecule has 37 heavy (non-hydrogen) atoms. The van der Waals surface area contributed by atoms with E-state index in [1.807, 2.05) is 12.2 Å². The minimum Gasteiger partial charge on any atom is -0.387 e. The van der Waals surface area contributed by atoms with Crippen LogP contribution >= 0.6 is 0 Å². The van der Waals surface area contributed by atoms with E-state index in [1.54, 1.807) is 7.05 Å². The second kappa shape index (κ2) is 7.81. The lowest BCUT2D eigenvalue weighted by Crippen LogP contribution is -2.66. The zero-order valence-corrected chi connectivity index (χ0v) is 24.1. The number of carbonyl (C=O) groups is 2. The van der Waals surface area contributed by atoms with Crippen LogP contribution in [0.15, 0.2) is 23.3 Å². The van der Waals surface area contributed by atoms with Crippen molar-refractivity contribution in [1.82, 2.24) is 5.32 Å². The van der Waals surface area contributed by atoms with Gasteiger partial charge in [-0.3, -0.25) is 9.59 Å². The van der Waals surface area contributed by atoms with Gasteiger partial charge in [0.25, 0.3) is 0 Å². The Labute approximate surface area is 223 Å². The van der Waals surface area contributed by atoms with Gasteiger partial charge in [-0.25, -0.2) is 0 Å². The van der Waals surface area contributed by atoms with Crippen molar-refractivity contribution in [2.24, 2.45) is 50.2 Å². The molecule has 0 aromatic heterocycles. The van der Waals surface area contributed by atoms with Crippen LogP contribution in [0, 0.1) is 61.6 Å². The van der Waals surface area contributed by atoms with E-state index in [0.29, 0.717) is 5.57 Å². The topological polar surface area (TPSA) is 90.2 Å². The van der Waals surface area contributed by atoms with Crippen LogP contribution < -0.4 is 5.32 Å². The van der Waals surface area contributed by atoms with E-state index in [2.05, 4.69) is 59.9 Å². The van der Waals surface area contributed by atoms with Gasteiger partial charge in [-0.1, -0.05) is 60.1 Å². The highest BCUT2D eigenvalue weighted by atomic mass is 16.3. The molecule has 3 saturated carbocycles. The fourth-order valence-electron chi connectivity index (χ4n) is 10.4. The third kappa shape index (κ3) is 3.17. The Morgan fingerprint density at radius 3 is 2.32 bits per heavy atom. The Bertz CT molecular complexity index is 1160. The summed E-state index contributed by atoms with van der Waals surface area (Å²) in [4.78, 5) is 27.9. The number of fused-ring (bicyclic) bond motifs is 7. The third-order valence-corrected chi connectivity index (χ3v) is 12.8. The van der Waals surface area contributed by atoms with Crippen LogP contribution in [0.2, 0.25) is 0 Å². The third-order valence-electron chi connectivity index (χ3n) is 12.8. The summed E-state index contributed by atoms with van der Waals surface area (Å²) in [5, 5.41) is 24.0. The Morgan fingerprint density at radius 2 is 1.70 bits per heavy atom. The van der Waals surface area contributed by atoms with Crippen molar-refractivity contribution in [3.63, 3.8) is 0 Å². The number of ketones is 1. The highest BCUT2D eigenvalue weighted by Gasteiger charge is 2.70. The standard InChI is InChI=1S/C32H46N2O3/c1-27(2)11-13-32(26(37)34-8)14-12-31(7)24(20(32)17-27)21(35)15-23-29(5)16-19(18-33)25(36)28(3,4)22(29)9-10-30(23,31)6/h15-16,20,22,24-25,36H,9-14,17H2,1-8H3,(H,34,37)/t20-,22-,24-,25?,29-,30+,31+,32-/m0/s1. The summed E-state index contributed by atoms with van der Waals surface area (Å²) >= 11 is 0. The summed E-state index contributed by atoms with van der Waals surface area (Å²) in [7, 11) is 1.74. The monoisotopic (exact) mass is 506 g/mol. The van der Waals surface area contributed by atoms with Crippen LogP contribution in [0.4, 0.5) is 0 Å². The molecule has 5 nitrogen and oxygen atoms in total. The number of nitrogens with zero attached hydrogens (tertiary/aromatic N) is 1. The molecule has 0 spiro atoms. The molecular weight excluding hydrogens is 460 g/mol. The smallest absolute Gasteiger partial charge is 0.226 e. The van der Waals surface area contributed by atoms with E-state index in [4.69, 9.17) is 0 Å². The lowest BCUT2D eigenvalue weighted by molar-refractivity contribution is -0.179. The molecule has 2 N–H and O–H groups in total. The second-order valence-electron chi connectivity index (χ2n) is 15.2. The molecule has 5 aliphatic rings. The fourth-order valence-corrected chi connectivity index (χ4v) is 10.4. The molecule has 0 aromatic carbocycles. The summed E-state index contributed by atoms with van der Waals surface area (Å²) in [6.07, 6.45) is 9.45. The summed E-state index contributed by atoms with van der Waals surface area (Å²) in [5.41, 5.74) is -0.222. The van der Waals surface area contributed by atoms with E-state index in [1.165, 1.54) is 0 Å². The Balaban J connectivity index is 1.70. The maximum atomic E-state index is 14.4. The predicted octanol–water partition coefficient (Wildman–Crippen LogP) is 5.74. The predicted molar refractivity (Wildman–Crippen MR) is 144 cm³/mol. The maximum Gasteiger partial charge on any atom is 0.226 e. The van der Waals surface area contributed by atoms with Crippen LogP contribution in [-0.2, 0) is 9.59 Å². The van der Waals surface area contributed by atoms with Gasteiger partial charge in [0.1, 0.15) is 0 Å². The SMILES string of the molecule is CNC(=O)[C@]12CCC(C)(C)C[C@H]1[C@H]1C(=O)C=C3[C@@]4(C)C=C(C#N)C(O)C(C)(C)[C@@H]4CC[C@@]3(C)[C@]1(C)CC2. The first-order valence-electron chi connectivity index (χ1n) is 14.3. The number of rotatable bonds is 1. The average molecular weight is 507 g/mol. The van der Waals surface area contributed by atoms with E-state index in [-0.39, 0.29) is 45.7 Å². The van der Waals surface area contributed by atoms with E-state index in [9.17, 15) is 20.0 Å². The number of allylic oxidation sites excluding steroid dienone is 3. The second-order valence-corrected chi connectivity index (χ2v) is 15.2. The Hall–Kier alpha value is -1.93. The van der Waals surface area contributed by atoms with Crippen molar-refractivity contribution in [3.05, 3.63) is 23.3 Å². The molecule has 5 rings (SSSR count). The summed E-state index contributed by atoms with van der Waals surface area (Å²) in [6, 6.07) is 2.28. The highest BCUT2D eigenvalue weighted by molar-refractivity contribution is 5.96. The number of aliphatic hydroxyl groups is 1. The van der Waals surface area contributed by atoms with Gasteiger partial charge in [0.2, 0.25) is 5.91 Å². The first kappa shape index (κ1) is 26.7. The van der Waals surface area contributed by atoms with Gasteiger partial charge in [0.15, 0.2) is 5.78 Å². The number of amides is 1. The molecule has 3 fully saturated rings. The maximum absolute atomic E-state index is 14.4. The molecule has 0 radical (unpaired) electrons. The number of nitriles is 1. The van der Waals surface area contributed by atoms with Gasteiger partial charge in [-0.15, -0.1) is 0 Å². The number of carbonyl (C=O) groups excluding carboxylic acids is 2. The zero-order valence-electron chi connectivity index (χ0n) is 24.1. The molecule has 0 heterocycles. The number of nitrogens with one attached hydrogen (secondary N) is 1. The molecule has 0 bridgehead atoms. The average Bonchev–Trinajstić information content (AvgIpc) is 2.82. The van der Waals surface area contributed by atoms with Gasteiger partial charge >= 0.3 is 0 Å². The molecule has 5 heteroatoms. The minimum atomic E-state index is -0.796. The van der Waals surface area contributed by atoms with E-state index < -0.39 is 22.3 Å². The van der Waals surface area contributed by atoms with Gasteiger partial charge in [0, 0.05) is 18.4 Å². The lowest BCUT2D eigenvalue weighted by atomic mass is 9.34. The highest BCUT2D eigenvalue weighted by Crippen LogP contribution is 2.74. The summed E-state index contributed by atoms with van der Waals surface area (Å²) in [6.45, 7) is 15.6. The minimum absolute atomic E-state index is 0.0254. The van der Waals surface area contributed by atoms with Crippen molar-refractivity contribution in [2.75, 3.05) is 7.05 Å². The molecule has 0 aromatic rings. The number of hydrogen-bond acceptors (Lipinski definition) is 4. The molecule has 1 unspecified atom stereocenters. The van der Waals surface area contributed by atoms with Gasteiger partial charge in [-0.2, -0.15) is 5.26 Å². The van der Waals surface area contributed by atoms with Gasteiger partial charge in [-0.05, 0) is 84.5 Å². The number of hydrogen-bond donors (Lipinski definition) is 2. The quantitative estimate of drug-likeness (QED) is 0.474. The fraction of sp³-hybridized carbons (Fsp3) is 0.781. The van der Waals surface area contributed by atoms with Crippen LogP contribution in [0.3, 0.4) is 0 Å². The van der Waals surface area contributed by atoms with Crippen molar-refractivity contribution in [1.29, 1.82) is 5.26 Å². The van der Waals surface area contributed by atoms with Crippen molar-refractivity contribution >= 4 is 11.7 Å². The molecule has 0 saturated heterocycles. The van der Waals surface area contributed by atoms with Crippen molar-refractivity contribution < 1.29 is 14.7 Å². The first-order chi connectivity index (χ1) is 17.0. The molecular formula is C32H46N2O3. The van der Waals surface area contributed by atoms with Crippen LogP contribution in [0.1, 0.15) is 93.4 Å². The van der Waals surface area contributed by atoms with Gasteiger partial charge < -0.3 is 10.4 Å². The zero-order chi connectivity index (χ0) is 27.4. The molecule has 0 aliphatic heterocycles.